The highest BCUT2D eigenvalue weighted by atomic mass is 32.2. The van der Waals surface area contributed by atoms with Crippen LogP contribution in [0.2, 0.25) is 0 Å². The molecule has 1 aliphatic rings. The van der Waals surface area contributed by atoms with Crippen molar-refractivity contribution in [2.75, 3.05) is 12.4 Å². The van der Waals surface area contributed by atoms with Crippen LogP contribution in [-0.2, 0) is 24.2 Å². The van der Waals surface area contributed by atoms with Crippen molar-refractivity contribution >= 4 is 67.2 Å². The number of fused-ring (bicyclic) bond motifs is 6. The molecule has 0 atom stereocenters. The molecule has 0 saturated carbocycles. The molecule has 222 valence electrons. The van der Waals surface area contributed by atoms with Gasteiger partial charge in [0.15, 0.2) is 5.16 Å². The lowest BCUT2D eigenvalue weighted by Gasteiger charge is -2.13. The van der Waals surface area contributed by atoms with E-state index in [2.05, 4.69) is 52.3 Å². The zero-order valence-electron chi connectivity index (χ0n) is 24.5. The maximum absolute atomic E-state index is 13.9. The minimum absolute atomic E-state index is 0.0560. The van der Waals surface area contributed by atoms with Crippen LogP contribution in [0.4, 0.5) is 0 Å². The zero-order valence-corrected chi connectivity index (χ0v) is 26.1. The number of aryl methyl sites for hydroxylation is 3. The van der Waals surface area contributed by atoms with E-state index in [1.54, 1.807) is 22.1 Å². The number of carbonyl (C=O) groups excluding carboxylic acids is 1. The van der Waals surface area contributed by atoms with Crippen molar-refractivity contribution in [2.45, 2.75) is 44.8 Å². The summed E-state index contributed by atoms with van der Waals surface area (Å²) in [5.74, 6) is 0.508. The van der Waals surface area contributed by atoms with E-state index in [4.69, 9.17) is 9.72 Å². The lowest BCUT2D eigenvalue weighted by molar-refractivity contribution is -0.118. The minimum atomic E-state index is -0.281. The second-order valence-corrected chi connectivity index (χ2v) is 12.6. The molecule has 1 amide bonds. The fraction of sp³-hybridized carbons (Fsp3) is 0.235. The lowest BCUT2D eigenvalue weighted by Crippen LogP contribution is -2.24. The topological polar surface area (TPSA) is 90.5 Å². The van der Waals surface area contributed by atoms with Gasteiger partial charge in [0, 0.05) is 33.2 Å². The Hall–Kier alpha value is -4.41. The first-order valence-electron chi connectivity index (χ1n) is 14.8. The van der Waals surface area contributed by atoms with Crippen molar-refractivity contribution in [2.24, 2.45) is 5.10 Å². The van der Waals surface area contributed by atoms with Crippen molar-refractivity contribution in [1.82, 2.24) is 19.5 Å². The van der Waals surface area contributed by atoms with Crippen LogP contribution in [0.25, 0.3) is 37.7 Å². The number of nitrogens with zero attached hydrogens (tertiary/aromatic N) is 4. The zero-order chi connectivity index (χ0) is 30.2. The van der Waals surface area contributed by atoms with Gasteiger partial charge in [-0.05, 0) is 86.7 Å². The summed E-state index contributed by atoms with van der Waals surface area (Å²) in [4.78, 5) is 33.7. The van der Waals surface area contributed by atoms with E-state index in [1.807, 2.05) is 43.3 Å². The van der Waals surface area contributed by atoms with E-state index in [9.17, 15) is 9.59 Å². The van der Waals surface area contributed by atoms with E-state index in [0.29, 0.717) is 22.8 Å². The van der Waals surface area contributed by atoms with Crippen molar-refractivity contribution in [3.8, 4) is 11.4 Å². The number of hydrogen-bond acceptors (Lipinski definition) is 7. The number of hydrogen-bond donors (Lipinski definition) is 1. The summed E-state index contributed by atoms with van der Waals surface area (Å²) in [6.07, 6.45) is 4.60. The highest BCUT2D eigenvalue weighted by Crippen LogP contribution is 2.36. The summed E-state index contributed by atoms with van der Waals surface area (Å²) in [5.41, 5.74) is 7.63. The highest BCUT2D eigenvalue weighted by Gasteiger charge is 2.24. The molecule has 44 heavy (non-hydrogen) atoms. The van der Waals surface area contributed by atoms with Crippen LogP contribution in [0.1, 0.15) is 36.3 Å². The summed E-state index contributed by atoms with van der Waals surface area (Å²) < 4.78 is 9.51. The number of aromatic nitrogens is 3. The number of hydrazone groups is 1. The maximum Gasteiger partial charge on any atom is 0.267 e. The number of nitrogens with one attached hydrogen (secondary N) is 1. The number of ether oxygens (including phenoxy) is 1. The molecule has 0 fully saturated rings. The first kappa shape index (κ1) is 28.4. The molecule has 7 rings (SSSR count). The molecule has 0 saturated heterocycles. The number of thiophene rings is 1. The second kappa shape index (κ2) is 11.9. The van der Waals surface area contributed by atoms with Gasteiger partial charge in [-0.25, -0.2) is 10.4 Å². The Labute approximate surface area is 262 Å². The number of amides is 1. The maximum atomic E-state index is 13.9. The summed E-state index contributed by atoms with van der Waals surface area (Å²) in [5, 5.41) is 7.76. The Morgan fingerprint density at radius 3 is 2.70 bits per heavy atom. The standard InChI is InChI=1S/C34H31N5O3S2/c1-3-38-27-10-6-5-8-24(27)26-18-21(12-17-28(26)38)19-35-37-30(40)20-43-34-36-32-31(25-9-7-11-29(25)44-32)33(41)39(34)22-13-15-23(16-14-22)42-4-2/h5-6,8,10,12-19H,3-4,7,9,11,20H2,1-2H3,(H,37,40). The van der Waals surface area contributed by atoms with E-state index in [-0.39, 0.29) is 17.2 Å². The van der Waals surface area contributed by atoms with Gasteiger partial charge in [0.25, 0.3) is 11.5 Å². The predicted octanol–water partition coefficient (Wildman–Crippen LogP) is 6.70. The number of carbonyl (C=O) groups is 1. The third-order valence-corrected chi connectivity index (χ3v) is 10.1. The molecular weight excluding hydrogens is 591 g/mol. The summed E-state index contributed by atoms with van der Waals surface area (Å²) in [6.45, 7) is 5.52. The van der Waals surface area contributed by atoms with Crippen LogP contribution in [0.3, 0.4) is 0 Å². The summed E-state index contributed by atoms with van der Waals surface area (Å²) in [7, 11) is 0. The first-order chi connectivity index (χ1) is 21.6. The fourth-order valence-corrected chi connectivity index (χ4v) is 8.15. The number of thioether (sulfide) groups is 1. The van der Waals surface area contributed by atoms with Crippen LogP contribution < -0.4 is 15.7 Å². The van der Waals surface area contributed by atoms with Crippen molar-refractivity contribution in [1.29, 1.82) is 0 Å². The average molecular weight is 622 g/mol. The lowest BCUT2D eigenvalue weighted by atomic mass is 10.1. The normalized spacial score (nSPS) is 13.0. The van der Waals surface area contributed by atoms with Gasteiger partial charge < -0.3 is 9.30 Å². The van der Waals surface area contributed by atoms with E-state index in [1.165, 1.54) is 33.1 Å². The quantitative estimate of drug-likeness (QED) is 0.0840. The van der Waals surface area contributed by atoms with Crippen LogP contribution in [0, 0.1) is 0 Å². The van der Waals surface area contributed by atoms with Crippen LogP contribution in [-0.4, -0.2) is 38.6 Å². The van der Waals surface area contributed by atoms with Crippen LogP contribution in [0.15, 0.2) is 81.8 Å². The molecule has 0 spiro atoms. The van der Waals surface area contributed by atoms with Gasteiger partial charge in [0.05, 0.1) is 29.6 Å². The number of rotatable bonds is 9. The van der Waals surface area contributed by atoms with Gasteiger partial charge in [0.1, 0.15) is 10.6 Å². The first-order valence-corrected chi connectivity index (χ1v) is 16.6. The third-order valence-electron chi connectivity index (χ3n) is 7.96. The molecule has 0 unspecified atom stereocenters. The van der Waals surface area contributed by atoms with Crippen LogP contribution in [0.5, 0.6) is 5.75 Å². The van der Waals surface area contributed by atoms with Crippen molar-refractivity contribution in [3.05, 3.63) is 93.1 Å². The average Bonchev–Trinajstić information content (AvgIpc) is 3.72. The second-order valence-electron chi connectivity index (χ2n) is 10.6. The smallest absolute Gasteiger partial charge is 0.267 e. The molecule has 8 nitrogen and oxygen atoms in total. The Morgan fingerprint density at radius 2 is 1.89 bits per heavy atom. The molecule has 10 heteroatoms. The molecule has 0 radical (unpaired) electrons. The number of para-hydroxylation sites is 1. The largest absolute Gasteiger partial charge is 0.494 e. The molecule has 3 aromatic heterocycles. The van der Waals surface area contributed by atoms with Gasteiger partial charge in [-0.1, -0.05) is 36.0 Å². The molecule has 1 aliphatic carbocycles. The molecule has 0 bridgehead atoms. The Morgan fingerprint density at radius 1 is 1.07 bits per heavy atom. The van der Waals surface area contributed by atoms with Gasteiger partial charge in [-0.2, -0.15) is 5.10 Å². The van der Waals surface area contributed by atoms with E-state index < -0.39 is 0 Å². The molecule has 0 aliphatic heterocycles. The SMILES string of the molecule is CCOc1ccc(-n2c(SCC(=O)NN=Cc3ccc4c(c3)c3ccccc3n4CC)nc3sc4c(c3c2=O)CCC4)cc1. The predicted molar refractivity (Wildman–Crippen MR) is 180 cm³/mol. The highest BCUT2D eigenvalue weighted by molar-refractivity contribution is 7.99. The van der Waals surface area contributed by atoms with E-state index >= 15 is 0 Å². The van der Waals surface area contributed by atoms with Crippen molar-refractivity contribution < 1.29 is 9.53 Å². The minimum Gasteiger partial charge on any atom is -0.494 e. The fourth-order valence-electron chi connectivity index (χ4n) is 6.04. The third kappa shape index (κ3) is 5.07. The monoisotopic (exact) mass is 621 g/mol. The summed E-state index contributed by atoms with van der Waals surface area (Å²) >= 11 is 2.82. The van der Waals surface area contributed by atoms with Gasteiger partial charge in [-0.3, -0.25) is 14.2 Å². The van der Waals surface area contributed by atoms with Crippen molar-refractivity contribution in [3.63, 3.8) is 0 Å². The molecule has 3 heterocycles. The Kier molecular flexibility index (Phi) is 7.69. The Balaban J connectivity index is 1.12. The molecule has 3 aromatic carbocycles. The molecule has 6 aromatic rings. The summed E-state index contributed by atoms with van der Waals surface area (Å²) in [6, 6.07) is 22.0. The Bertz CT molecular complexity index is 2130. The van der Waals surface area contributed by atoms with Gasteiger partial charge in [-0.15, -0.1) is 11.3 Å². The van der Waals surface area contributed by atoms with E-state index in [0.717, 1.165) is 52.9 Å². The van der Waals surface area contributed by atoms with Gasteiger partial charge in [0.2, 0.25) is 0 Å². The van der Waals surface area contributed by atoms with Crippen LogP contribution >= 0.6 is 23.1 Å². The molecular formula is C34H31N5O3S2. The molecule has 1 N–H and O–H groups in total. The number of benzene rings is 3. The van der Waals surface area contributed by atoms with Gasteiger partial charge >= 0.3 is 0 Å².